The molecular formula is C21H28N4O3. The van der Waals surface area contributed by atoms with Crippen LogP contribution in [0, 0.1) is 5.92 Å². The van der Waals surface area contributed by atoms with Gasteiger partial charge >= 0.3 is 6.03 Å². The molecule has 7 nitrogen and oxygen atoms in total. The van der Waals surface area contributed by atoms with Crippen molar-refractivity contribution in [3.05, 3.63) is 47.8 Å². The van der Waals surface area contributed by atoms with E-state index in [9.17, 15) is 4.79 Å². The third-order valence-electron chi connectivity index (χ3n) is 5.97. The summed E-state index contributed by atoms with van der Waals surface area (Å²) >= 11 is 0. The van der Waals surface area contributed by atoms with Crippen LogP contribution in [-0.2, 0) is 17.3 Å². The summed E-state index contributed by atoms with van der Waals surface area (Å²) in [6.45, 7) is 1.29. The molecule has 4 rings (SSSR count). The van der Waals surface area contributed by atoms with Crippen LogP contribution in [0.5, 0.6) is 5.75 Å². The predicted octanol–water partition coefficient (Wildman–Crippen LogP) is 2.88. The van der Waals surface area contributed by atoms with E-state index in [4.69, 9.17) is 9.47 Å². The summed E-state index contributed by atoms with van der Waals surface area (Å²) in [6, 6.07) is 7.85. The number of hydrogen-bond donors (Lipinski definition) is 2. The maximum Gasteiger partial charge on any atom is 0.315 e. The van der Waals surface area contributed by atoms with Crippen molar-refractivity contribution in [1.29, 1.82) is 0 Å². The number of aromatic nitrogens is 2. The van der Waals surface area contributed by atoms with Gasteiger partial charge in [-0.05, 0) is 43.4 Å². The van der Waals surface area contributed by atoms with E-state index in [-0.39, 0.29) is 23.6 Å². The average molecular weight is 384 g/mol. The molecule has 1 saturated carbocycles. The monoisotopic (exact) mass is 384 g/mol. The minimum Gasteiger partial charge on any atom is -0.497 e. The highest BCUT2D eigenvalue weighted by Gasteiger charge is 2.40. The Morgan fingerprint density at radius 2 is 2.29 bits per heavy atom. The zero-order valence-corrected chi connectivity index (χ0v) is 16.5. The Morgan fingerprint density at radius 3 is 2.96 bits per heavy atom. The van der Waals surface area contributed by atoms with Crippen LogP contribution in [0.3, 0.4) is 0 Å². The van der Waals surface area contributed by atoms with E-state index < -0.39 is 0 Å². The van der Waals surface area contributed by atoms with E-state index >= 15 is 0 Å². The van der Waals surface area contributed by atoms with E-state index in [2.05, 4.69) is 21.8 Å². The summed E-state index contributed by atoms with van der Waals surface area (Å²) in [7, 11) is 3.56. The first-order valence-electron chi connectivity index (χ1n) is 9.90. The van der Waals surface area contributed by atoms with Gasteiger partial charge in [-0.15, -0.1) is 0 Å². The summed E-state index contributed by atoms with van der Waals surface area (Å²) in [5.74, 6) is 1.07. The smallest absolute Gasteiger partial charge is 0.315 e. The molecule has 2 aromatic rings. The van der Waals surface area contributed by atoms with Crippen molar-refractivity contribution in [1.82, 2.24) is 20.4 Å². The molecule has 2 atom stereocenters. The van der Waals surface area contributed by atoms with Gasteiger partial charge in [-0.25, -0.2) is 4.79 Å². The number of nitrogens with zero attached hydrogens (tertiary/aromatic N) is 2. The lowest BCUT2D eigenvalue weighted by atomic mass is 9.72. The Balaban J connectivity index is 1.37. The third-order valence-corrected chi connectivity index (χ3v) is 5.97. The third kappa shape index (κ3) is 3.71. The molecule has 7 heteroatoms. The number of benzene rings is 1. The van der Waals surface area contributed by atoms with Gasteiger partial charge in [0.1, 0.15) is 5.75 Å². The van der Waals surface area contributed by atoms with Crippen LogP contribution >= 0.6 is 0 Å². The first-order chi connectivity index (χ1) is 13.6. The Bertz CT molecular complexity index is 831. The quantitative estimate of drug-likeness (QED) is 0.803. The molecular weight excluding hydrogens is 356 g/mol. The van der Waals surface area contributed by atoms with Crippen molar-refractivity contribution < 1.29 is 14.3 Å². The van der Waals surface area contributed by atoms with Crippen molar-refractivity contribution in [2.24, 2.45) is 13.0 Å². The fourth-order valence-electron chi connectivity index (χ4n) is 4.22. The highest BCUT2D eigenvalue weighted by molar-refractivity contribution is 5.75. The predicted molar refractivity (Wildman–Crippen MR) is 105 cm³/mol. The van der Waals surface area contributed by atoms with Crippen molar-refractivity contribution in [3.63, 3.8) is 0 Å². The van der Waals surface area contributed by atoms with E-state index in [1.807, 2.05) is 37.6 Å². The molecule has 2 heterocycles. The average Bonchev–Trinajstić information content (AvgIpc) is 3.31. The number of hydrogen-bond acceptors (Lipinski definition) is 4. The first kappa shape index (κ1) is 18.8. The van der Waals surface area contributed by atoms with Gasteiger partial charge in [0.2, 0.25) is 0 Å². The first-order valence-corrected chi connectivity index (χ1v) is 9.90. The molecule has 28 heavy (non-hydrogen) atoms. The summed E-state index contributed by atoms with van der Waals surface area (Å²) in [6.07, 6.45) is 7.74. The molecule has 2 amide bonds. The number of carbonyl (C=O) groups is 1. The topological polar surface area (TPSA) is 77.4 Å². The number of amides is 2. The summed E-state index contributed by atoms with van der Waals surface area (Å²) in [5.41, 5.74) is 1.87. The normalized spacial score (nSPS) is 23.1. The SMILES string of the molecule is COc1cccc(C2(NC(=O)NC[C@@H]3CCO[C@H]3c3cnn(C)c3)CCC2)c1. The number of methoxy groups -OCH3 is 1. The Kier molecular flexibility index (Phi) is 5.26. The highest BCUT2D eigenvalue weighted by atomic mass is 16.5. The number of urea groups is 1. The lowest BCUT2D eigenvalue weighted by Crippen LogP contribution is -2.54. The molecule has 0 radical (unpaired) electrons. The molecule has 0 unspecified atom stereocenters. The molecule has 1 aliphatic heterocycles. The van der Waals surface area contributed by atoms with Gasteiger partial charge in [-0.3, -0.25) is 4.68 Å². The lowest BCUT2D eigenvalue weighted by Gasteiger charge is -2.43. The van der Waals surface area contributed by atoms with Gasteiger partial charge in [0.25, 0.3) is 0 Å². The molecule has 1 aromatic carbocycles. The molecule has 0 spiro atoms. The Hall–Kier alpha value is -2.54. The Labute approximate surface area is 165 Å². The van der Waals surface area contributed by atoms with E-state index in [1.54, 1.807) is 11.8 Å². The van der Waals surface area contributed by atoms with E-state index in [1.165, 1.54) is 0 Å². The fraction of sp³-hybridized carbons (Fsp3) is 0.524. The van der Waals surface area contributed by atoms with Crippen molar-refractivity contribution >= 4 is 6.03 Å². The molecule has 0 bridgehead atoms. The highest BCUT2D eigenvalue weighted by Crippen LogP contribution is 2.42. The van der Waals surface area contributed by atoms with Crippen LogP contribution in [-0.4, -0.2) is 36.1 Å². The van der Waals surface area contributed by atoms with E-state index in [0.29, 0.717) is 13.2 Å². The Morgan fingerprint density at radius 1 is 1.43 bits per heavy atom. The maximum atomic E-state index is 12.7. The number of ether oxygens (including phenoxy) is 2. The van der Waals surface area contributed by atoms with Crippen molar-refractivity contribution in [2.75, 3.05) is 20.3 Å². The van der Waals surface area contributed by atoms with E-state index in [0.717, 1.165) is 42.6 Å². The molecule has 2 N–H and O–H groups in total. The molecule has 1 saturated heterocycles. The minimum absolute atomic E-state index is 0.00922. The summed E-state index contributed by atoms with van der Waals surface area (Å²) in [5, 5.41) is 10.5. The number of nitrogens with one attached hydrogen (secondary N) is 2. The molecule has 1 aromatic heterocycles. The number of carbonyl (C=O) groups excluding carboxylic acids is 1. The standard InChI is InChI=1S/C21H28N4O3/c1-25-14-16(13-23-25)19-15(7-10-28-19)12-22-20(26)24-21(8-4-9-21)17-5-3-6-18(11-17)27-2/h3,5-6,11,13-15,19H,4,7-10,12H2,1-2H3,(H2,22,24,26)/t15-,19+/m0/s1. The maximum absolute atomic E-state index is 12.7. The van der Waals surface area contributed by atoms with Crippen molar-refractivity contribution in [2.45, 2.75) is 37.3 Å². The molecule has 1 aliphatic carbocycles. The second-order valence-corrected chi connectivity index (χ2v) is 7.79. The van der Waals surface area contributed by atoms with Gasteiger partial charge in [0, 0.05) is 37.9 Å². The fourth-order valence-corrected chi connectivity index (χ4v) is 4.22. The van der Waals surface area contributed by atoms with Crippen molar-refractivity contribution in [3.8, 4) is 5.75 Å². The molecule has 150 valence electrons. The van der Waals surface area contributed by atoms with Gasteiger partial charge < -0.3 is 20.1 Å². The zero-order valence-electron chi connectivity index (χ0n) is 16.5. The zero-order chi connectivity index (χ0) is 19.6. The lowest BCUT2D eigenvalue weighted by molar-refractivity contribution is 0.0906. The van der Waals surface area contributed by atoms with Gasteiger partial charge in [-0.2, -0.15) is 5.10 Å². The van der Waals surface area contributed by atoms with Crippen LogP contribution in [0.1, 0.15) is 42.9 Å². The van der Waals surface area contributed by atoms with Gasteiger partial charge in [0.05, 0.1) is 24.9 Å². The largest absolute Gasteiger partial charge is 0.497 e. The molecule has 2 aliphatic rings. The van der Waals surface area contributed by atoms with Crippen LogP contribution in [0.4, 0.5) is 4.79 Å². The summed E-state index contributed by atoms with van der Waals surface area (Å²) < 4.78 is 13.0. The van der Waals surface area contributed by atoms with Crippen LogP contribution in [0.2, 0.25) is 0 Å². The molecule has 2 fully saturated rings. The van der Waals surface area contributed by atoms with Gasteiger partial charge in [-0.1, -0.05) is 12.1 Å². The van der Waals surface area contributed by atoms with Crippen LogP contribution < -0.4 is 15.4 Å². The van der Waals surface area contributed by atoms with Crippen LogP contribution in [0.15, 0.2) is 36.7 Å². The second kappa shape index (κ2) is 7.83. The minimum atomic E-state index is -0.298. The number of aryl methyl sites for hydroxylation is 1. The summed E-state index contributed by atoms with van der Waals surface area (Å²) in [4.78, 5) is 12.7. The van der Waals surface area contributed by atoms with Gasteiger partial charge in [0.15, 0.2) is 0 Å². The number of rotatable bonds is 6. The second-order valence-electron chi connectivity index (χ2n) is 7.79. The van der Waals surface area contributed by atoms with Crippen LogP contribution in [0.25, 0.3) is 0 Å².